The van der Waals surface area contributed by atoms with Gasteiger partial charge in [0.2, 0.25) is 10.0 Å². The number of carbonyl (C=O) groups excluding carboxylic acids is 1. The van der Waals surface area contributed by atoms with Crippen LogP contribution in [0.25, 0.3) is 0 Å². The van der Waals surface area contributed by atoms with Gasteiger partial charge in [-0.2, -0.15) is 13.2 Å². The number of para-hydroxylation sites is 1. The summed E-state index contributed by atoms with van der Waals surface area (Å²) in [5.41, 5.74) is -0.875. The van der Waals surface area contributed by atoms with Crippen molar-refractivity contribution in [1.29, 1.82) is 0 Å². The number of halogens is 3. The first-order valence-electron chi connectivity index (χ1n) is 8.19. The third-order valence-electron chi connectivity index (χ3n) is 3.69. The summed E-state index contributed by atoms with van der Waals surface area (Å²) >= 11 is 0. The molecule has 0 saturated carbocycles. The van der Waals surface area contributed by atoms with Crippen molar-refractivity contribution in [1.82, 2.24) is 0 Å². The molecule has 0 aromatic heterocycles. The Balaban J connectivity index is 2.01. The molecule has 0 heterocycles. The van der Waals surface area contributed by atoms with Crippen molar-refractivity contribution >= 4 is 27.3 Å². The molecule has 152 valence electrons. The molecule has 6 nitrogen and oxygen atoms in total. The van der Waals surface area contributed by atoms with Crippen LogP contribution in [0.1, 0.15) is 12.5 Å². The second-order valence-corrected chi connectivity index (χ2v) is 7.71. The lowest BCUT2D eigenvalue weighted by Crippen LogP contribution is -2.29. The Morgan fingerprint density at radius 3 is 2.25 bits per heavy atom. The molecule has 2 aromatic rings. The number of nitrogens with one attached hydrogen (secondary N) is 1. The van der Waals surface area contributed by atoms with E-state index in [0.29, 0.717) is 5.69 Å². The van der Waals surface area contributed by atoms with Gasteiger partial charge in [0.15, 0.2) is 6.61 Å². The number of anilines is 2. The summed E-state index contributed by atoms with van der Waals surface area (Å²) in [5, 5.41) is 2.17. The average molecular weight is 416 g/mol. The van der Waals surface area contributed by atoms with E-state index in [1.807, 2.05) is 0 Å². The number of carbonyl (C=O) groups is 1. The standard InChI is InChI=1S/C18H19F3N2O4S/c1-3-23(28(2,25)26)13-8-10-14(11-9-13)27-12-17(24)22-16-7-5-4-6-15(16)18(19,20)21/h4-11H,3,12H2,1-2H3,(H,22,24). The zero-order valence-electron chi connectivity index (χ0n) is 15.2. The van der Waals surface area contributed by atoms with Crippen LogP contribution in [0.4, 0.5) is 24.5 Å². The predicted molar refractivity (Wildman–Crippen MR) is 99.9 cm³/mol. The number of alkyl halides is 3. The lowest BCUT2D eigenvalue weighted by atomic mass is 10.1. The van der Waals surface area contributed by atoms with E-state index in [1.165, 1.54) is 40.7 Å². The predicted octanol–water partition coefficient (Wildman–Crippen LogP) is 3.51. The Morgan fingerprint density at radius 2 is 1.71 bits per heavy atom. The van der Waals surface area contributed by atoms with E-state index in [0.717, 1.165) is 18.4 Å². The van der Waals surface area contributed by atoms with Gasteiger partial charge >= 0.3 is 6.18 Å². The molecule has 0 radical (unpaired) electrons. The van der Waals surface area contributed by atoms with Crippen LogP contribution in [0, 0.1) is 0 Å². The van der Waals surface area contributed by atoms with Gasteiger partial charge < -0.3 is 10.1 Å². The number of rotatable bonds is 7. The molecule has 1 amide bonds. The third-order valence-corrected chi connectivity index (χ3v) is 4.96. The molecule has 0 spiro atoms. The third kappa shape index (κ3) is 5.62. The van der Waals surface area contributed by atoms with Crippen molar-refractivity contribution in [2.75, 3.05) is 29.0 Å². The van der Waals surface area contributed by atoms with Gasteiger partial charge in [-0.1, -0.05) is 12.1 Å². The first-order chi connectivity index (χ1) is 13.0. The van der Waals surface area contributed by atoms with Crippen molar-refractivity contribution in [2.45, 2.75) is 13.1 Å². The zero-order valence-corrected chi connectivity index (χ0v) is 16.0. The van der Waals surface area contributed by atoms with E-state index in [4.69, 9.17) is 4.74 Å². The Labute approximate surface area is 161 Å². The van der Waals surface area contributed by atoms with E-state index in [9.17, 15) is 26.4 Å². The van der Waals surface area contributed by atoms with E-state index in [2.05, 4.69) is 5.32 Å². The second kappa shape index (κ2) is 8.51. The van der Waals surface area contributed by atoms with Crippen LogP contribution in [-0.4, -0.2) is 33.7 Å². The second-order valence-electron chi connectivity index (χ2n) is 5.80. The first-order valence-corrected chi connectivity index (χ1v) is 10.0. The highest BCUT2D eigenvalue weighted by Gasteiger charge is 2.33. The smallest absolute Gasteiger partial charge is 0.418 e. The molecule has 0 saturated heterocycles. The van der Waals surface area contributed by atoms with Crippen LogP contribution in [0.15, 0.2) is 48.5 Å². The first kappa shape index (κ1) is 21.5. The highest BCUT2D eigenvalue weighted by molar-refractivity contribution is 7.92. The summed E-state index contributed by atoms with van der Waals surface area (Å²) < 4.78 is 68.7. The SMILES string of the molecule is CCN(c1ccc(OCC(=O)Nc2ccccc2C(F)(F)F)cc1)S(C)(=O)=O. The normalized spacial score (nSPS) is 11.8. The largest absolute Gasteiger partial charge is 0.484 e. The Morgan fingerprint density at radius 1 is 1.11 bits per heavy atom. The molecule has 2 rings (SSSR count). The molecule has 0 atom stereocenters. The van der Waals surface area contributed by atoms with E-state index in [-0.39, 0.29) is 18.0 Å². The minimum atomic E-state index is -4.59. The molecular formula is C18H19F3N2O4S. The van der Waals surface area contributed by atoms with Crippen LogP contribution in [0.3, 0.4) is 0 Å². The van der Waals surface area contributed by atoms with Gasteiger partial charge in [-0.15, -0.1) is 0 Å². The van der Waals surface area contributed by atoms with Gasteiger partial charge in [0.1, 0.15) is 5.75 Å². The molecule has 0 fully saturated rings. The van der Waals surface area contributed by atoms with Gasteiger partial charge in [0, 0.05) is 6.54 Å². The molecule has 0 bridgehead atoms. The summed E-state index contributed by atoms with van der Waals surface area (Å²) in [6.07, 6.45) is -3.50. The Bertz CT molecular complexity index is 929. The average Bonchev–Trinajstić information content (AvgIpc) is 2.60. The summed E-state index contributed by atoms with van der Waals surface area (Å²) in [6, 6.07) is 10.6. The van der Waals surface area contributed by atoms with Crippen molar-refractivity contribution in [3.8, 4) is 5.75 Å². The number of benzene rings is 2. The van der Waals surface area contributed by atoms with Gasteiger partial charge in [-0.05, 0) is 43.3 Å². The van der Waals surface area contributed by atoms with Crippen molar-refractivity contribution in [2.24, 2.45) is 0 Å². The van der Waals surface area contributed by atoms with E-state index in [1.54, 1.807) is 6.92 Å². The lowest BCUT2D eigenvalue weighted by Gasteiger charge is -2.20. The number of hydrogen-bond donors (Lipinski definition) is 1. The molecular weight excluding hydrogens is 397 g/mol. The monoisotopic (exact) mass is 416 g/mol. The van der Waals surface area contributed by atoms with Crippen molar-refractivity contribution < 1.29 is 31.1 Å². The van der Waals surface area contributed by atoms with Crippen LogP contribution in [0.2, 0.25) is 0 Å². The van der Waals surface area contributed by atoms with Gasteiger partial charge in [0.25, 0.3) is 5.91 Å². The van der Waals surface area contributed by atoms with Crippen molar-refractivity contribution in [3.05, 3.63) is 54.1 Å². The molecule has 0 aliphatic rings. The topological polar surface area (TPSA) is 75.7 Å². The highest BCUT2D eigenvalue weighted by atomic mass is 32.2. The zero-order chi connectivity index (χ0) is 20.9. The number of sulfonamides is 1. The maximum Gasteiger partial charge on any atom is 0.418 e. The van der Waals surface area contributed by atoms with E-state index >= 15 is 0 Å². The number of hydrogen-bond acceptors (Lipinski definition) is 4. The fourth-order valence-corrected chi connectivity index (χ4v) is 3.47. The molecule has 0 aliphatic carbocycles. The summed E-state index contributed by atoms with van der Waals surface area (Å²) in [7, 11) is -3.42. The number of amides is 1. The fourth-order valence-electron chi connectivity index (χ4n) is 2.49. The summed E-state index contributed by atoms with van der Waals surface area (Å²) in [4.78, 5) is 11.9. The van der Waals surface area contributed by atoms with Gasteiger partial charge in [-0.3, -0.25) is 9.10 Å². The minimum absolute atomic E-state index is 0.250. The molecule has 10 heteroatoms. The summed E-state index contributed by atoms with van der Waals surface area (Å²) in [5.74, 6) is -0.486. The quantitative estimate of drug-likeness (QED) is 0.750. The van der Waals surface area contributed by atoms with Crippen LogP contribution >= 0.6 is 0 Å². The maximum absolute atomic E-state index is 12.9. The van der Waals surface area contributed by atoms with E-state index < -0.39 is 34.3 Å². The number of nitrogens with zero attached hydrogens (tertiary/aromatic N) is 1. The maximum atomic E-state index is 12.9. The molecule has 28 heavy (non-hydrogen) atoms. The molecule has 1 N–H and O–H groups in total. The molecule has 0 unspecified atom stereocenters. The van der Waals surface area contributed by atoms with Crippen molar-refractivity contribution in [3.63, 3.8) is 0 Å². The van der Waals surface area contributed by atoms with Gasteiger partial charge in [0.05, 0.1) is 23.2 Å². The highest BCUT2D eigenvalue weighted by Crippen LogP contribution is 2.34. The van der Waals surface area contributed by atoms with Gasteiger partial charge in [-0.25, -0.2) is 8.42 Å². The number of ether oxygens (including phenoxy) is 1. The summed E-state index contributed by atoms with van der Waals surface area (Å²) in [6.45, 7) is 1.43. The Kier molecular flexibility index (Phi) is 6.55. The van der Waals surface area contributed by atoms with Crippen LogP contribution < -0.4 is 14.4 Å². The van der Waals surface area contributed by atoms with Crippen LogP contribution in [0.5, 0.6) is 5.75 Å². The Hall–Kier alpha value is -2.75. The molecule has 0 aliphatic heterocycles. The molecule has 2 aromatic carbocycles. The van der Waals surface area contributed by atoms with Crippen LogP contribution in [-0.2, 0) is 21.0 Å². The minimum Gasteiger partial charge on any atom is -0.484 e. The fraction of sp³-hybridized carbons (Fsp3) is 0.278. The lowest BCUT2D eigenvalue weighted by molar-refractivity contribution is -0.137.